The third kappa shape index (κ3) is 2.66. The number of rotatable bonds is 4. The Bertz CT molecular complexity index is 442. The molecule has 3 heteroatoms. The molecule has 98 valence electrons. The molecule has 2 nitrogen and oxygen atoms in total. The highest BCUT2D eigenvalue weighted by molar-refractivity contribution is 7.80. The molecule has 0 radical (unpaired) electrons. The van der Waals surface area contributed by atoms with Gasteiger partial charge >= 0.3 is 0 Å². The molecule has 0 aliphatic carbocycles. The van der Waals surface area contributed by atoms with Gasteiger partial charge in [0.2, 0.25) is 0 Å². The molecule has 1 fully saturated rings. The summed E-state index contributed by atoms with van der Waals surface area (Å²) in [6, 6.07) is 6.22. The minimum Gasteiger partial charge on any atom is -0.389 e. The number of thiocarbonyl (C=S) groups is 1. The van der Waals surface area contributed by atoms with Crippen LogP contribution in [0.3, 0.4) is 0 Å². The van der Waals surface area contributed by atoms with Crippen LogP contribution in [0.25, 0.3) is 0 Å². The largest absolute Gasteiger partial charge is 0.389 e. The number of para-hydroxylation sites is 1. The molecule has 0 aromatic heterocycles. The van der Waals surface area contributed by atoms with Crippen molar-refractivity contribution in [2.75, 3.05) is 18.0 Å². The van der Waals surface area contributed by atoms with Gasteiger partial charge in [0.15, 0.2) is 0 Å². The van der Waals surface area contributed by atoms with Crippen molar-refractivity contribution in [3.63, 3.8) is 0 Å². The van der Waals surface area contributed by atoms with Crippen molar-refractivity contribution in [3.05, 3.63) is 29.3 Å². The number of anilines is 1. The van der Waals surface area contributed by atoms with Gasteiger partial charge in [-0.1, -0.05) is 37.7 Å². The van der Waals surface area contributed by atoms with Crippen LogP contribution in [-0.4, -0.2) is 18.1 Å². The lowest BCUT2D eigenvalue weighted by Gasteiger charge is -2.24. The zero-order valence-corrected chi connectivity index (χ0v) is 12.1. The van der Waals surface area contributed by atoms with E-state index in [1.165, 1.54) is 30.5 Å². The molecule has 0 saturated carbocycles. The predicted molar refractivity (Wildman–Crippen MR) is 82.3 cm³/mol. The lowest BCUT2D eigenvalue weighted by molar-refractivity contribution is 0.530. The van der Waals surface area contributed by atoms with E-state index >= 15 is 0 Å². The van der Waals surface area contributed by atoms with Gasteiger partial charge in [-0.05, 0) is 37.3 Å². The fraction of sp³-hybridized carbons (Fsp3) is 0.533. The summed E-state index contributed by atoms with van der Waals surface area (Å²) in [7, 11) is 0. The van der Waals surface area contributed by atoms with Gasteiger partial charge in [-0.2, -0.15) is 0 Å². The second-order valence-corrected chi connectivity index (χ2v) is 5.66. The van der Waals surface area contributed by atoms with Gasteiger partial charge in [0, 0.05) is 24.3 Å². The Balaban J connectivity index is 2.26. The molecular formula is C15H22N2S. The maximum atomic E-state index is 5.85. The third-order valence-electron chi connectivity index (χ3n) is 3.80. The van der Waals surface area contributed by atoms with Gasteiger partial charge in [0.25, 0.3) is 0 Å². The minimum atomic E-state index is 0.507. The first-order valence-corrected chi connectivity index (χ1v) is 7.18. The van der Waals surface area contributed by atoms with Crippen molar-refractivity contribution in [3.8, 4) is 0 Å². The average molecular weight is 262 g/mol. The summed E-state index contributed by atoms with van der Waals surface area (Å²) in [4.78, 5) is 2.97. The molecule has 0 bridgehead atoms. The van der Waals surface area contributed by atoms with Crippen molar-refractivity contribution in [2.24, 2.45) is 11.7 Å². The van der Waals surface area contributed by atoms with E-state index in [1.807, 2.05) is 12.1 Å². The number of aryl methyl sites for hydroxylation is 1. The van der Waals surface area contributed by atoms with Gasteiger partial charge in [0.1, 0.15) is 4.99 Å². The first kappa shape index (κ1) is 13.3. The topological polar surface area (TPSA) is 29.3 Å². The molecule has 1 atom stereocenters. The van der Waals surface area contributed by atoms with E-state index in [4.69, 9.17) is 18.0 Å². The van der Waals surface area contributed by atoms with Gasteiger partial charge < -0.3 is 10.6 Å². The quantitative estimate of drug-likeness (QED) is 0.845. The number of nitrogens with zero attached hydrogens (tertiary/aromatic N) is 1. The Hall–Kier alpha value is -1.09. The summed E-state index contributed by atoms with van der Waals surface area (Å²) in [5, 5.41) is 0. The number of hydrogen-bond acceptors (Lipinski definition) is 2. The summed E-state index contributed by atoms with van der Waals surface area (Å²) in [6.07, 6.45) is 3.89. The molecular weight excluding hydrogens is 240 g/mol. The predicted octanol–water partition coefficient (Wildman–Crippen LogP) is 3.26. The van der Waals surface area contributed by atoms with Crippen LogP contribution in [-0.2, 0) is 0 Å². The molecule has 1 aliphatic rings. The fourth-order valence-electron chi connectivity index (χ4n) is 2.96. The zero-order chi connectivity index (χ0) is 13.1. The van der Waals surface area contributed by atoms with Crippen LogP contribution < -0.4 is 10.6 Å². The van der Waals surface area contributed by atoms with Crippen LogP contribution in [0.4, 0.5) is 5.69 Å². The maximum Gasteiger partial charge on any atom is 0.106 e. The Morgan fingerprint density at radius 1 is 1.50 bits per heavy atom. The van der Waals surface area contributed by atoms with Gasteiger partial charge in [-0.25, -0.2) is 0 Å². The Kier molecular flexibility index (Phi) is 4.23. The summed E-state index contributed by atoms with van der Waals surface area (Å²) in [6.45, 7) is 6.68. The molecule has 1 saturated heterocycles. The zero-order valence-electron chi connectivity index (χ0n) is 11.3. The van der Waals surface area contributed by atoms with Crippen LogP contribution in [0, 0.1) is 12.8 Å². The van der Waals surface area contributed by atoms with E-state index < -0.39 is 0 Å². The van der Waals surface area contributed by atoms with Crippen LogP contribution in [0.15, 0.2) is 18.2 Å². The van der Waals surface area contributed by atoms with Crippen molar-refractivity contribution >= 4 is 22.9 Å². The van der Waals surface area contributed by atoms with Crippen LogP contribution in [0.5, 0.6) is 0 Å². The monoisotopic (exact) mass is 262 g/mol. The molecule has 2 N–H and O–H groups in total. The van der Waals surface area contributed by atoms with Crippen LogP contribution >= 0.6 is 12.2 Å². The Morgan fingerprint density at radius 3 is 2.94 bits per heavy atom. The van der Waals surface area contributed by atoms with E-state index in [2.05, 4.69) is 24.8 Å². The van der Waals surface area contributed by atoms with Crippen LogP contribution in [0.1, 0.15) is 37.3 Å². The SMILES string of the molecule is CCCC1CCN(c2c(C)cccc2C(N)=S)C1. The van der Waals surface area contributed by atoms with Gasteiger partial charge in [-0.15, -0.1) is 0 Å². The molecule has 18 heavy (non-hydrogen) atoms. The molecule has 1 aromatic carbocycles. The third-order valence-corrected chi connectivity index (χ3v) is 4.02. The fourth-order valence-corrected chi connectivity index (χ4v) is 3.12. The maximum absolute atomic E-state index is 5.85. The van der Waals surface area contributed by atoms with Crippen molar-refractivity contribution in [1.82, 2.24) is 0 Å². The number of benzene rings is 1. The standard InChI is InChI=1S/C15H22N2S/c1-3-5-12-8-9-17(10-12)14-11(2)6-4-7-13(14)15(16)18/h4,6-7,12H,3,5,8-10H2,1-2H3,(H2,16,18). The lowest BCUT2D eigenvalue weighted by Crippen LogP contribution is -2.24. The summed E-state index contributed by atoms with van der Waals surface area (Å²) in [5.41, 5.74) is 9.41. The molecule has 0 amide bonds. The highest BCUT2D eigenvalue weighted by Gasteiger charge is 2.25. The van der Waals surface area contributed by atoms with E-state index in [0.717, 1.165) is 24.6 Å². The first-order valence-electron chi connectivity index (χ1n) is 6.77. The smallest absolute Gasteiger partial charge is 0.106 e. The lowest BCUT2D eigenvalue weighted by atomic mass is 10.0. The Labute approximate surface area is 115 Å². The summed E-state index contributed by atoms with van der Waals surface area (Å²) < 4.78 is 0. The molecule has 0 spiro atoms. The average Bonchev–Trinajstić information content (AvgIpc) is 2.77. The normalized spacial score (nSPS) is 19.2. The first-order chi connectivity index (χ1) is 8.63. The van der Waals surface area contributed by atoms with Gasteiger partial charge in [0.05, 0.1) is 0 Å². The molecule has 1 aromatic rings. The van der Waals surface area contributed by atoms with E-state index in [9.17, 15) is 0 Å². The summed E-state index contributed by atoms with van der Waals surface area (Å²) >= 11 is 5.18. The van der Waals surface area contributed by atoms with Gasteiger partial charge in [-0.3, -0.25) is 0 Å². The van der Waals surface area contributed by atoms with Crippen molar-refractivity contribution in [2.45, 2.75) is 33.1 Å². The van der Waals surface area contributed by atoms with E-state index in [0.29, 0.717) is 4.99 Å². The second-order valence-electron chi connectivity index (χ2n) is 5.22. The van der Waals surface area contributed by atoms with E-state index in [1.54, 1.807) is 0 Å². The minimum absolute atomic E-state index is 0.507. The summed E-state index contributed by atoms with van der Waals surface area (Å²) in [5.74, 6) is 0.828. The molecule has 1 heterocycles. The van der Waals surface area contributed by atoms with Crippen molar-refractivity contribution in [1.29, 1.82) is 0 Å². The highest BCUT2D eigenvalue weighted by Crippen LogP contribution is 2.31. The number of nitrogens with two attached hydrogens (primary N) is 1. The molecule has 1 unspecified atom stereocenters. The molecule has 2 rings (SSSR count). The van der Waals surface area contributed by atoms with E-state index in [-0.39, 0.29) is 0 Å². The Morgan fingerprint density at radius 2 is 2.28 bits per heavy atom. The van der Waals surface area contributed by atoms with Crippen molar-refractivity contribution < 1.29 is 0 Å². The number of hydrogen-bond donors (Lipinski definition) is 1. The molecule has 1 aliphatic heterocycles. The van der Waals surface area contributed by atoms with Crippen LogP contribution in [0.2, 0.25) is 0 Å². The second kappa shape index (κ2) is 5.70. The highest BCUT2D eigenvalue weighted by atomic mass is 32.1.